The monoisotopic (exact) mass is 173 g/mol. The van der Waals surface area contributed by atoms with Gasteiger partial charge in [-0.1, -0.05) is 6.07 Å². The van der Waals surface area contributed by atoms with Crippen molar-refractivity contribution in [1.29, 1.82) is 0 Å². The van der Waals surface area contributed by atoms with Gasteiger partial charge in [0.1, 0.15) is 5.82 Å². The zero-order valence-electron chi connectivity index (χ0n) is 7.35. The average Bonchev–Trinajstić information content (AvgIpc) is 2.88. The Hall–Kier alpha value is -1.38. The molecule has 0 bridgehead atoms. The van der Waals surface area contributed by atoms with Crippen LogP contribution in [0.4, 0.5) is 0 Å². The molecule has 0 unspecified atom stereocenters. The topological polar surface area (TPSA) is 30.2 Å². The second kappa shape index (κ2) is 2.55. The number of nitrogens with zero attached hydrogens (tertiary/aromatic N) is 3. The molecule has 1 aliphatic carbocycles. The summed E-state index contributed by atoms with van der Waals surface area (Å²) in [5, 5.41) is 8.30. The smallest absolute Gasteiger partial charge is 0.160 e. The van der Waals surface area contributed by atoms with Gasteiger partial charge in [0.2, 0.25) is 0 Å². The summed E-state index contributed by atoms with van der Waals surface area (Å²) >= 11 is 0. The van der Waals surface area contributed by atoms with E-state index in [9.17, 15) is 0 Å². The summed E-state index contributed by atoms with van der Waals surface area (Å²) < 4.78 is 2.08. The Kier molecular flexibility index (Phi) is 1.39. The second-order valence-electron chi connectivity index (χ2n) is 3.69. The van der Waals surface area contributed by atoms with Crippen LogP contribution in [0.25, 0.3) is 5.65 Å². The molecule has 3 nitrogen and oxygen atoms in total. The summed E-state index contributed by atoms with van der Waals surface area (Å²) in [6.07, 6.45) is 5.85. The molecular formula is C10H11N3. The molecule has 3 rings (SSSR count). The van der Waals surface area contributed by atoms with Crippen molar-refractivity contribution in [3.63, 3.8) is 0 Å². The Morgan fingerprint density at radius 3 is 3.08 bits per heavy atom. The van der Waals surface area contributed by atoms with E-state index in [-0.39, 0.29) is 0 Å². The van der Waals surface area contributed by atoms with Crippen LogP contribution in [0, 0.1) is 5.92 Å². The van der Waals surface area contributed by atoms with Crippen molar-refractivity contribution in [2.24, 2.45) is 5.92 Å². The Morgan fingerprint density at radius 2 is 2.23 bits per heavy atom. The van der Waals surface area contributed by atoms with Crippen LogP contribution in [0.2, 0.25) is 0 Å². The highest BCUT2D eigenvalue weighted by molar-refractivity contribution is 5.37. The molecule has 0 atom stereocenters. The molecule has 3 heteroatoms. The van der Waals surface area contributed by atoms with Crippen LogP contribution < -0.4 is 0 Å². The number of fused-ring (bicyclic) bond motifs is 1. The van der Waals surface area contributed by atoms with Crippen molar-refractivity contribution in [2.45, 2.75) is 19.3 Å². The molecule has 0 saturated heterocycles. The first-order chi connectivity index (χ1) is 6.43. The summed E-state index contributed by atoms with van der Waals surface area (Å²) in [7, 11) is 0. The van der Waals surface area contributed by atoms with Crippen molar-refractivity contribution in [2.75, 3.05) is 0 Å². The minimum Gasteiger partial charge on any atom is -0.286 e. The molecule has 0 radical (unpaired) electrons. The van der Waals surface area contributed by atoms with Crippen LogP contribution in [0.5, 0.6) is 0 Å². The first-order valence-corrected chi connectivity index (χ1v) is 4.72. The van der Waals surface area contributed by atoms with Crippen molar-refractivity contribution < 1.29 is 0 Å². The van der Waals surface area contributed by atoms with E-state index in [1.54, 1.807) is 0 Å². The van der Waals surface area contributed by atoms with E-state index in [0.29, 0.717) is 0 Å². The molecule has 2 aromatic rings. The number of pyridine rings is 1. The summed E-state index contributed by atoms with van der Waals surface area (Å²) in [6, 6.07) is 6.00. The standard InChI is InChI=1S/C10H11N3/c1-2-6-13-9(3-1)11-12-10(13)7-8-4-5-8/h1-3,6,8H,4-5,7H2. The van der Waals surface area contributed by atoms with Gasteiger partial charge >= 0.3 is 0 Å². The maximum Gasteiger partial charge on any atom is 0.160 e. The first kappa shape index (κ1) is 7.06. The fourth-order valence-corrected chi connectivity index (χ4v) is 1.61. The fraction of sp³-hybridized carbons (Fsp3) is 0.400. The van der Waals surface area contributed by atoms with Crippen molar-refractivity contribution in [3.05, 3.63) is 30.2 Å². The van der Waals surface area contributed by atoms with E-state index >= 15 is 0 Å². The second-order valence-corrected chi connectivity index (χ2v) is 3.69. The Morgan fingerprint density at radius 1 is 1.31 bits per heavy atom. The van der Waals surface area contributed by atoms with Crippen LogP contribution in [-0.4, -0.2) is 14.6 Å². The molecule has 0 amide bonds. The highest BCUT2D eigenvalue weighted by Gasteiger charge is 2.23. The summed E-state index contributed by atoms with van der Waals surface area (Å²) in [5.41, 5.74) is 0.957. The van der Waals surface area contributed by atoms with Gasteiger partial charge in [-0.25, -0.2) is 0 Å². The van der Waals surface area contributed by atoms with Gasteiger partial charge in [-0.05, 0) is 30.9 Å². The van der Waals surface area contributed by atoms with Gasteiger partial charge < -0.3 is 0 Å². The summed E-state index contributed by atoms with van der Waals surface area (Å²) in [6.45, 7) is 0. The van der Waals surface area contributed by atoms with Gasteiger partial charge in [0.05, 0.1) is 0 Å². The fourth-order valence-electron chi connectivity index (χ4n) is 1.61. The number of aromatic nitrogens is 3. The molecule has 2 heterocycles. The highest BCUT2D eigenvalue weighted by Crippen LogP contribution is 2.31. The molecular weight excluding hydrogens is 162 g/mol. The molecule has 1 aliphatic rings. The molecule has 0 aliphatic heterocycles. The predicted molar refractivity (Wildman–Crippen MR) is 49.4 cm³/mol. The Bertz CT molecular complexity index is 428. The lowest BCUT2D eigenvalue weighted by Crippen LogP contribution is -1.95. The summed E-state index contributed by atoms with van der Waals surface area (Å²) in [4.78, 5) is 0. The van der Waals surface area contributed by atoms with Gasteiger partial charge in [-0.15, -0.1) is 10.2 Å². The lowest BCUT2D eigenvalue weighted by molar-refractivity contribution is 0.758. The van der Waals surface area contributed by atoms with E-state index in [0.717, 1.165) is 23.8 Å². The molecule has 1 saturated carbocycles. The lowest BCUT2D eigenvalue weighted by Gasteiger charge is -1.96. The maximum atomic E-state index is 4.19. The van der Waals surface area contributed by atoms with Crippen LogP contribution in [0.3, 0.4) is 0 Å². The number of hydrogen-bond donors (Lipinski definition) is 0. The van der Waals surface area contributed by atoms with Crippen molar-refractivity contribution >= 4 is 5.65 Å². The van der Waals surface area contributed by atoms with E-state index in [1.807, 2.05) is 24.4 Å². The molecule has 0 N–H and O–H groups in total. The maximum absolute atomic E-state index is 4.19. The third kappa shape index (κ3) is 1.20. The third-order valence-electron chi connectivity index (χ3n) is 2.55. The van der Waals surface area contributed by atoms with E-state index in [1.165, 1.54) is 12.8 Å². The zero-order chi connectivity index (χ0) is 8.67. The normalized spacial score (nSPS) is 16.6. The number of hydrogen-bond acceptors (Lipinski definition) is 2. The lowest BCUT2D eigenvalue weighted by atomic mass is 10.3. The Balaban J connectivity index is 2.06. The van der Waals surface area contributed by atoms with E-state index in [2.05, 4.69) is 14.6 Å². The zero-order valence-corrected chi connectivity index (χ0v) is 7.35. The van der Waals surface area contributed by atoms with E-state index in [4.69, 9.17) is 0 Å². The van der Waals surface area contributed by atoms with Crippen molar-refractivity contribution in [3.8, 4) is 0 Å². The highest BCUT2D eigenvalue weighted by atomic mass is 15.2. The number of rotatable bonds is 2. The van der Waals surface area contributed by atoms with Gasteiger partial charge in [0.15, 0.2) is 5.65 Å². The van der Waals surface area contributed by atoms with Gasteiger partial charge in [-0.3, -0.25) is 4.40 Å². The van der Waals surface area contributed by atoms with Gasteiger partial charge in [-0.2, -0.15) is 0 Å². The largest absolute Gasteiger partial charge is 0.286 e. The molecule has 0 aromatic carbocycles. The predicted octanol–water partition coefficient (Wildman–Crippen LogP) is 1.68. The average molecular weight is 173 g/mol. The first-order valence-electron chi connectivity index (χ1n) is 4.72. The summed E-state index contributed by atoms with van der Waals surface area (Å²) in [5.74, 6) is 1.98. The van der Waals surface area contributed by atoms with Gasteiger partial charge in [0.25, 0.3) is 0 Å². The minimum absolute atomic E-state index is 0.868. The SMILES string of the molecule is c1ccn2c(CC3CC3)nnc2c1. The third-order valence-corrected chi connectivity index (χ3v) is 2.55. The molecule has 0 spiro atoms. The van der Waals surface area contributed by atoms with Crippen molar-refractivity contribution in [1.82, 2.24) is 14.6 Å². The van der Waals surface area contributed by atoms with Crippen LogP contribution in [0.1, 0.15) is 18.7 Å². The van der Waals surface area contributed by atoms with Crippen LogP contribution >= 0.6 is 0 Å². The van der Waals surface area contributed by atoms with Crippen LogP contribution in [-0.2, 0) is 6.42 Å². The Labute approximate surface area is 76.4 Å². The van der Waals surface area contributed by atoms with Gasteiger partial charge in [0, 0.05) is 12.6 Å². The quantitative estimate of drug-likeness (QED) is 0.691. The van der Waals surface area contributed by atoms with E-state index < -0.39 is 0 Å². The van der Waals surface area contributed by atoms with Crippen LogP contribution in [0.15, 0.2) is 24.4 Å². The molecule has 13 heavy (non-hydrogen) atoms. The molecule has 66 valence electrons. The molecule has 2 aromatic heterocycles. The molecule has 1 fully saturated rings. The minimum atomic E-state index is 0.868.